The predicted octanol–water partition coefficient (Wildman–Crippen LogP) is 2.41. The van der Waals surface area contributed by atoms with Crippen molar-refractivity contribution < 1.29 is 0 Å². The Morgan fingerprint density at radius 2 is 2.05 bits per heavy atom. The van der Waals surface area contributed by atoms with Crippen LogP contribution >= 0.6 is 0 Å². The molecule has 2 rings (SSSR count). The highest BCUT2D eigenvalue weighted by Gasteiger charge is 2.11. The zero-order chi connectivity index (χ0) is 14.5. The van der Waals surface area contributed by atoms with Crippen molar-refractivity contribution in [3.8, 4) is 0 Å². The average molecular weight is 275 g/mol. The summed E-state index contributed by atoms with van der Waals surface area (Å²) in [4.78, 5) is 4.72. The Morgan fingerprint density at radius 3 is 2.65 bits per heavy atom. The van der Waals surface area contributed by atoms with Crippen LogP contribution in [0, 0.1) is 5.92 Å². The molecule has 0 N–H and O–H groups in total. The summed E-state index contributed by atoms with van der Waals surface area (Å²) < 4.78 is 3.92. The molecule has 0 saturated carbocycles. The fraction of sp³-hybridized carbons (Fsp3) is 0.667. The maximum atomic E-state index is 4.72. The van der Waals surface area contributed by atoms with E-state index in [-0.39, 0.29) is 0 Å². The first kappa shape index (κ1) is 14.8. The molecule has 5 heteroatoms. The molecule has 0 aliphatic carbocycles. The standard InChI is InChI=1S/C15H25N5/c1-5-8-20-15(17-14(18-20)9-12(2)3)7-6-13-10-16-19(4)11-13/h10-12H,5-9H2,1-4H3. The number of rotatable bonds is 7. The van der Waals surface area contributed by atoms with Gasteiger partial charge in [0.1, 0.15) is 5.82 Å². The average Bonchev–Trinajstić information content (AvgIpc) is 2.93. The Bertz CT molecular complexity index is 538. The van der Waals surface area contributed by atoms with E-state index in [1.165, 1.54) is 5.56 Å². The monoisotopic (exact) mass is 275 g/mol. The Morgan fingerprint density at radius 1 is 1.25 bits per heavy atom. The highest BCUT2D eigenvalue weighted by molar-refractivity contribution is 5.06. The molecule has 0 radical (unpaired) electrons. The number of hydrogen-bond acceptors (Lipinski definition) is 3. The quantitative estimate of drug-likeness (QED) is 0.779. The molecule has 0 spiro atoms. The van der Waals surface area contributed by atoms with Gasteiger partial charge in [-0.25, -0.2) is 9.67 Å². The van der Waals surface area contributed by atoms with Crippen molar-refractivity contribution in [3.63, 3.8) is 0 Å². The maximum Gasteiger partial charge on any atom is 0.151 e. The van der Waals surface area contributed by atoms with Crippen molar-refractivity contribution in [2.24, 2.45) is 13.0 Å². The zero-order valence-electron chi connectivity index (χ0n) is 13.0. The third kappa shape index (κ3) is 3.92. The smallest absolute Gasteiger partial charge is 0.151 e. The Hall–Kier alpha value is -1.65. The molecule has 110 valence electrons. The minimum absolute atomic E-state index is 0.596. The van der Waals surface area contributed by atoms with E-state index in [1.54, 1.807) is 0 Å². The van der Waals surface area contributed by atoms with Gasteiger partial charge in [0.2, 0.25) is 0 Å². The summed E-state index contributed by atoms with van der Waals surface area (Å²) in [5.74, 6) is 2.68. The van der Waals surface area contributed by atoms with E-state index in [0.29, 0.717) is 5.92 Å². The molecule has 0 unspecified atom stereocenters. The molecule has 2 heterocycles. The number of aryl methyl sites for hydroxylation is 4. The Kier molecular flexibility index (Phi) is 4.93. The molecule has 0 saturated heterocycles. The van der Waals surface area contributed by atoms with E-state index in [1.807, 2.05) is 17.9 Å². The van der Waals surface area contributed by atoms with E-state index < -0.39 is 0 Å². The van der Waals surface area contributed by atoms with Gasteiger partial charge in [0, 0.05) is 32.6 Å². The third-order valence-electron chi connectivity index (χ3n) is 3.21. The molecular formula is C15H25N5. The van der Waals surface area contributed by atoms with Crippen molar-refractivity contribution in [2.75, 3.05) is 0 Å². The third-order valence-corrected chi connectivity index (χ3v) is 3.21. The Balaban J connectivity index is 2.06. The molecule has 2 aromatic rings. The van der Waals surface area contributed by atoms with Crippen LogP contribution in [0.25, 0.3) is 0 Å². The van der Waals surface area contributed by atoms with E-state index >= 15 is 0 Å². The van der Waals surface area contributed by atoms with Gasteiger partial charge in [-0.1, -0.05) is 20.8 Å². The molecule has 0 atom stereocenters. The van der Waals surface area contributed by atoms with E-state index in [2.05, 4.69) is 41.8 Å². The fourth-order valence-corrected chi connectivity index (χ4v) is 2.31. The van der Waals surface area contributed by atoms with Crippen LogP contribution in [-0.2, 0) is 32.9 Å². The summed E-state index contributed by atoms with van der Waals surface area (Å²) >= 11 is 0. The van der Waals surface area contributed by atoms with Gasteiger partial charge < -0.3 is 0 Å². The second-order valence-corrected chi connectivity index (χ2v) is 5.79. The van der Waals surface area contributed by atoms with Crippen molar-refractivity contribution >= 4 is 0 Å². The molecule has 0 aliphatic rings. The SMILES string of the molecule is CCCn1nc(CC(C)C)nc1CCc1cnn(C)c1. The molecule has 2 aromatic heterocycles. The second kappa shape index (κ2) is 6.68. The van der Waals surface area contributed by atoms with Crippen LogP contribution in [0.15, 0.2) is 12.4 Å². The van der Waals surface area contributed by atoms with Gasteiger partial charge in [0.05, 0.1) is 6.20 Å². The lowest BCUT2D eigenvalue weighted by molar-refractivity contribution is 0.553. The number of hydrogen-bond donors (Lipinski definition) is 0. The largest absolute Gasteiger partial charge is 0.276 e. The summed E-state index contributed by atoms with van der Waals surface area (Å²) in [5.41, 5.74) is 1.25. The Labute approximate surface area is 121 Å². The van der Waals surface area contributed by atoms with Gasteiger partial charge in [-0.3, -0.25) is 4.68 Å². The minimum atomic E-state index is 0.596. The first-order valence-electron chi connectivity index (χ1n) is 7.48. The van der Waals surface area contributed by atoms with Crippen LogP contribution in [0.4, 0.5) is 0 Å². The summed E-state index contributed by atoms with van der Waals surface area (Å²) in [6, 6.07) is 0. The minimum Gasteiger partial charge on any atom is -0.276 e. The molecule has 5 nitrogen and oxygen atoms in total. The van der Waals surface area contributed by atoms with Crippen LogP contribution in [0.2, 0.25) is 0 Å². The summed E-state index contributed by atoms with van der Waals surface area (Å²) in [6.45, 7) is 7.54. The summed E-state index contributed by atoms with van der Waals surface area (Å²) in [7, 11) is 1.95. The van der Waals surface area contributed by atoms with Gasteiger partial charge in [-0.05, 0) is 24.3 Å². The number of aromatic nitrogens is 5. The topological polar surface area (TPSA) is 48.5 Å². The van der Waals surface area contributed by atoms with E-state index in [9.17, 15) is 0 Å². The van der Waals surface area contributed by atoms with Crippen LogP contribution < -0.4 is 0 Å². The van der Waals surface area contributed by atoms with E-state index in [0.717, 1.165) is 43.9 Å². The summed E-state index contributed by atoms with van der Waals surface area (Å²) in [6.07, 6.45) is 7.93. The lowest BCUT2D eigenvalue weighted by Crippen LogP contribution is -2.06. The molecule has 0 aliphatic heterocycles. The van der Waals surface area contributed by atoms with Crippen LogP contribution in [0.3, 0.4) is 0 Å². The van der Waals surface area contributed by atoms with Crippen LogP contribution in [-0.4, -0.2) is 24.5 Å². The van der Waals surface area contributed by atoms with Crippen molar-refractivity contribution in [3.05, 3.63) is 29.6 Å². The van der Waals surface area contributed by atoms with Gasteiger partial charge in [-0.15, -0.1) is 0 Å². The fourth-order valence-electron chi connectivity index (χ4n) is 2.31. The molecule has 0 bridgehead atoms. The lowest BCUT2D eigenvalue weighted by atomic mass is 10.1. The predicted molar refractivity (Wildman–Crippen MR) is 79.5 cm³/mol. The highest BCUT2D eigenvalue weighted by Crippen LogP contribution is 2.09. The normalized spacial score (nSPS) is 11.4. The zero-order valence-corrected chi connectivity index (χ0v) is 13.0. The molecule has 0 aromatic carbocycles. The van der Waals surface area contributed by atoms with Crippen molar-refractivity contribution in [1.29, 1.82) is 0 Å². The molecule has 20 heavy (non-hydrogen) atoms. The molecule has 0 fully saturated rings. The van der Waals surface area contributed by atoms with Gasteiger partial charge in [-0.2, -0.15) is 10.2 Å². The van der Waals surface area contributed by atoms with E-state index in [4.69, 9.17) is 4.98 Å². The maximum absolute atomic E-state index is 4.72. The van der Waals surface area contributed by atoms with Crippen LogP contribution in [0.5, 0.6) is 0 Å². The van der Waals surface area contributed by atoms with Gasteiger partial charge in [0.25, 0.3) is 0 Å². The van der Waals surface area contributed by atoms with Gasteiger partial charge in [0.15, 0.2) is 5.82 Å². The van der Waals surface area contributed by atoms with Crippen molar-refractivity contribution in [2.45, 2.75) is 53.0 Å². The first-order valence-corrected chi connectivity index (χ1v) is 7.48. The highest BCUT2D eigenvalue weighted by atomic mass is 15.3. The molecular weight excluding hydrogens is 250 g/mol. The molecule has 0 amide bonds. The van der Waals surface area contributed by atoms with Gasteiger partial charge >= 0.3 is 0 Å². The number of nitrogens with zero attached hydrogens (tertiary/aromatic N) is 5. The van der Waals surface area contributed by atoms with Crippen molar-refractivity contribution in [1.82, 2.24) is 24.5 Å². The lowest BCUT2D eigenvalue weighted by Gasteiger charge is -2.02. The first-order chi connectivity index (χ1) is 9.58. The summed E-state index contributed by atoms with van der Waals surface area (Å²) in [5, 5.41) is 8.85. The van der Waals surface area contributed by atoms with Crippen LogP contribution in [0.1, 0.15) is 44.4 Å². The second-order valence-electron chi connectivity index (χ2n) is 5.79.